The van der Waals surface area contributed by atoms with Crippen molar-refractivity contribution in [3.63, 3.8) is 0 Å². The van der Waals surface area contributed by atoms with E-state index in [-0.39, 0.29) is 5.91 Å². The minimum Gasteiger partial charge on any atom is -0.365 e. The summed E-state index contributed by atoms with van der Waals surface area (Å²) >= 11 is 0. The monoisotopic (exact) mass is 362 g/mol. The molecule has 27 heavy (non-hydrogen) atoms. The molecule has 1 fully saturated rings. The van der Waals surface area contributed by atoms with E-state index in [1.807, 2.05) is 34.7 Å². The van der Waals surface area contributed by atoms with Crippen molar-refractivity contribution in [1.82, 2.24) is 24.6 Å². The average molecular weight is 362 g/mol. The summed E-state index contributed by atoms with van der Waals surface area (Å²) in [5, 5.41) is 4.73. The number of benzene rings is 1. The zero-order valence-corrected chi connectivity index (χ0v) is 15.5. The van der Waals surface area contributed by atoms with Gasteiger partial charge in [0.1, 0.15) is 5.69 Å². The topological polar surface area (TPSA) is 67.2 Å². The molecule has 1 aromatic carbocycles. The lowest BCUT2D eigenvalue weighted by Gasteiger charge is -2.36. The number of hydrogen-bond acceptors (Lipinski definition) is 5. The Labute approximate surface area is 158 Å². The van der Waals surface area contributed by atoms with Crippen LogP contribution in [0.2, 0.25) is 0 Å². The Balaban J connectivity index is 1.50. The summed E-state index contributed by atoms with van der Waals surface area (Å²) in [4.78, 5) is 24.8. The van der Waals surface area contributed by atoms with E-state index in [0.29, 0.717) is 18.8 Å². The molecule has 3 aromatic rings. The Bertz CT molecular complexity index is 930. The number of piperazine rings is 1. The first-order valence-electron chi connectivity index (χ1n) is 9.07. The molecule has 0 unspecified atom stereocenters. The Morgan fingerprint density at radius 2 is 1.74 bits per heavy atom. The zero-order chi connectivity index (χ0) is 18.8. The van der Waals surface area contributed by atoms with Crippen LogP contribution >= 0.6 is 0 Å². The van der Waals surface area contributed by atoms with Gasteiger partial charge in [-0.25, -0.2) is 9.67 Å². The predicted octanol–water partition coefficient (Wildman–Crippen LogP) is 2.24. The summed E-state index contributed by atoms with van der Waals surface area (Å²) < 4.78 is 1.99. The highest BCUT2D eigenvalue weighted by Crippen LogP contribution is 2.27. The van der Waals surface area contributed by atoms with E-state index in [2.05, 4.69) is 33.9 Å². The lowest BCUT2D eigenvalue weighted by Crippen LogP contribution is -2.49. The van der Waals surface area contributed by atoms with Crippen molar-refractivity contribution in [1.29, 1.82) is 0 Å². The standard InChI is InChI=1S/C20H22N6O/c1-15-19(16(2)26(23-15)17-6-4-3-5-7-17)24-10-12-25(13-11-24)20(27)18-14-21-8-9-22-18/h3-9,14H,10-13H2,1-2H3. The van der Waals surface area contributed by atoms with Gasteiger partial charge in [0.25, 0.3) is 5.91 Å². The molecule has 7 nitrogen and oxygen atoms in total. The van der Waals surface area contributed by atoms with Gasteiger partial charge in [0.2, 0.25) is 0 Å². The van der Waals surface area contributed by atoms with Crippen molar-refractivity contribution >= 4 is 11.6 Å². The van der Waals surface area contributed by atoms with E-state index in [0.717, 1.165) is 35.9 Å². The van der Waals surface area contributed by atoms with E-state index in [4.69, 9.17) is 5.10 Å². The van der Waals surface area contributed by atoms with Gasteiger partial charge >= 0.3 is 0 Å². The van der Waals surface area contributed by atoms with Crippen LogP contribution in [-0.4, -0.2) is 56.7 Å². The van der Waals surface area contributed by atoms with E-state index < -0.39 is 0 Å². The second-order valence-electron chi connectivity index (χ2n) is 6.64. The lowest BCUT2D eigenvalue weighted by molar-refractivity contribution is 0.0740. The largest absolute Gasteiger partial charge is 0.365 e. The Morgan fingerprint density at radius 3 is 2.41 bits per heavy atom. The maximum absolute atomic E-state index is 12.6. The minimum atomic E-state index is -0.0591. The van der Waals surface area contributed by atoms with E-state index in [1.165, 1.54) is 6.20 Å². The molecule has 0 N–H and O–H groups in total. The van der Waals surface area contributed by atoms with Gasteiger partial charge in [0, 0.05) is 38.6 Å². The highest BCUT2D eigenvalue weighted by Gasteiger charge is 2.26. The van der Waals surface area contributed by atoms with Gasteiger partial charge in [0.15, 0.2) is 0 Å². The molecule has 0 aliphatic carbocycles. The van der Waals surface area contributed by atoms with E-state index >= 15 is 0 Å². The summed E-state index contributed by atoms with van der Waals surface area (Å²) in [5.41, 5.74) is 4.74. The number of hydrogen-bond donors (Lipinski definition) is 0. The smallest absolute Gasteiger partial charge is 0.274 e. The van der Waals surface area contributed by atoms with Gasteiger partial charge in [-0.15, -0.1) is 0 Å². The highest BCUT2D eigenvalue weighted by atomic mass is 16.2. The van der Waals surface area contributed by atoms with Crippen LogP contribution in [0.4, 0.5) is 5.69 Å². The van der Waals surface area contributed by atoms with Gasteiger partial charge in [-0.1, -0.05) is 18.2 Å². The fourth-order valence-electron chi connectivity index (χ4n) is 3.62. The first-order chi connectivity index (χ1) is 13.1. The van der Waals surface area contributed by atoms with Gasteiger partial charge in [-0.05, 0) is 26.0 Å². The second-order valence-corrected chi connectivity index (χ2v) is 6.64. The minimum absolute atomic E-state index is 0.0591. The van der Waals surface area contributed by atoms with E-state index in [9.17, 15) is 4.79 Å². The fourth-order valence-corrected chi connectivity index (χ4v) is 3.62. The SMILES string of the molecule is Cc1nn(-c2ccccc2)c(C)c1N1CCN(C(=O)c2cnccn2)CC1. The van der Waals surface area contributed by atoms with Gasteiger partial charge in [-0.2, -0.15) is 5.10 Å². The molecule has 0 spiro atoms. The Kier molecular flexibility index (Phi) is 4.58. The summed E-state index contributed by atoms with van der Waals surface area (Å²) in [5.74, 6) is -0.0591. The number of nitrogens with zero attached hydrogens (tertiary/aromatic N) is 6. The van der Waals surface area contributed by atoms with Crippen LogP contribution in [-0.2, 0) is 0 Å². The Hall–Kier alpha value is -3.22. The summed E-state index contributed by atoms with van der Waals surface area (Å²) in [7, 11) is 0. The second kappa shape index (κ2) is 7.19. The number of rotatable bonds is 3. The van der Waals surface area contributed by atoms with Crippen molar-refractivity contribution in [3.8, 4) is 5.69 Å². The molecule has 1 saturated heterocycles. The maximum atomic E-state index is 12.6. The molecule has 0 radical (unpaired) electrons. The number of aromatic nitrogens is 4. The molecule has 4 rings (SSSR count). The fraction of sp³-hybridized carbons (Fsp3) is 0.300. The van der Waals surface area contributed by atoms with Crippen molar-refractivity contribution in [2.75, 3.05) is 31.1 Å². The molecule has 1 aliphatic heterocycles. The lowest BCUT2D eigenvalue weighted by atomic mass is 10.2. The molecule has 7 heteroatoms. The molecule has 1 aliphatic rings. The zero-order valence-electron chi connectivity index (χ0n) is 15.5. The third-order valence-corrected chi connectivity index (χ3v) is 4.92. The van der Waals surface area contributed by atoms with Crippen molar-refractivity contribution in [2.45, 2.75) is 13.8 Å². The molecule has 0 saturated carbocycles. The number of anilines is 1. The molecule has 0 atom stereocenters. The first kappa shape index (κ1) is 17.2. The van der Waals surface area contributed by atoms with Crippen LogP contribution in [0.5, 0.6) is 0 Å². The normalized spacial score (nSPS) is 14.4. The number of para-hydroxylation sites is 1. The van der Waals surface area contributed by atoms with Crippen LogP contribution in [0.15, 0.2) is 48.9 Å². The Morgan fingerprint density at radius 1 is 1.00 bits per heavy atom. The van der Waals surface area contributed by atoms with Crippen LogP contribution < -0.4 is 4.90 Å². The van der Waals surface area contributed by atoms with E-state index in [1.54, 1.807) is 12.4 Å². The number of aryl methyl sites for hydroxylation is 1. The summed E-state index contributed by atoms with van der Waals surface area (Å²) in [6, 6.07) is 10.1. The predicted molar refractivity (Wildman–Crippen MR) is 103 cm³/mol. The molecule has 3 heterocycles. The summed E-state index contributed by atoms with van der Waals surface area (Å²) in [6.45, 7) is 7.00. The average Bonchev–Trinajstić information content (AvgIpc) is 3.03. The number of amides is 1. The van der Waals surface area contributed by atoms with Crippen LogP contribution in [0.1, 0.15) is 21.9 Å². The molecular weight excluding hydrogens is 340 g/mol. The molecular formula is C20H22N6O. The number of carbonyl (C=O) groups is 1. The third kappa shape index (κ3) is 3.28. The molecule has 2 aromatic heterocycles. The van der Waals surface area contributed by atoms with Crippen molar-refractivity contribution in [2.24, 2.45) is 0 Å². The number of carbonyl (C=O) groups excluding carboxylic acids is 1. The van der Waals surface area contributed by atoms with Crippen LogP contribution in [0.25, 0.3) is 5.69 Å². The van der Waals surface area contributed by atoms with Gasteiger partial charge in [0.05, 0.1) is 29.0 Å². The van der Waals surface area contributed by atoms with Crippen molar-refractivity contribution in [3.05, 3.63) is 66.0 Å². The maximum Gasteiger partial charge on any atom is 0.274 e. The van der Waals surface area contributed by atoms with Crippen LogP contribution in [0, 0.1) is 13.8 Å². The highest BCUT2D eigenvalue weighted by molar-refractivity contribution is 5.92. The van der Waals surface area contributed by atoms with Gasteiger partial charge in [-0.3, -0.25) is 9.78 Å². The molecule has 1 amide bonds. The van der Waals surface area contributed by atoms with Crippen molar-refractivity contribution < 1.29 is 4.79 Å². The third-order valence-electron chi connectivity index (χ3n) is 4.92. The molecule has 138 valence electrons. The summed E-state index contributed by atoms with van der Waals surface area (Å²) in [6.07, 6.45) is 4.64. The quantitative estimate of drug-likeness (QED) is 0.715. The first-order valence-corrected chi connectivity index (χ1v) is 9.07. The van der Waals surface area contributed by atoms with Crippen LogP contribution in [0.3, 0.4) is 0 Å². The molecule has 0 bridgehead atoms. The van der Waals surface area contributed by atoms with Gasteiger partial charge < -0.3 is 9.80 Å².